The van der Waals surface area contributed by atoms with E-state index >= 15 is 0 Å². The standard InChI is InChI=1S/C18H20BrFN2O2/c1-18(21,13-5-7-14(19)8-6-13)17(23)22-11-16(24-2)12-3-9-15(20)10-4-12/h3-10,16H,11,21H2,1-2H3,(H,22,23). The van der Waals surface area contributed by atoms with E-state index in [4.69, 9.17) is 10.5 Å². The highest BCUT2D eigenvalue weighted by molar-refractivity contribution is 9.10. The number of rotatable bonds is 6. The number of methoxy groups -OCH3 is 1. The van der Waals surface area contributed by atoms with Crippen LogP contribution in [0, 0.1) is 5.82 Å². The van der Waals surface area contributed by atoms with Gasteiger partial charge in [-0.2, -0.15) is 0 Å². The fraction of sp³-hybridized carbons (Fsp3) is 0.278. The van der Waals surface area contributed by atoms with Gasteiger partial charge in [0, 0.05) is 18.1 Å². The predicted octanol–water partition coefficient (Wildman–Crippen LogP) is 3.27. The van der Waals surface area contributed by atoms with E-state index in [-0.39, 0.29) is 24.4 Å². The summed E-state index contributed by atoms with van der Waals surface area (Å²) in [5.74, 6) is -0.628. The Kier molecular flexibility index (Phi) is 6.10. The Morgan fingerprint density at radius 3 is 2.38 bits per heavy atom. The van der Waals surface area contributed by atoms with Gasteiger partial charge < -0.3 is 15.8 Å². The number of ether oxygens (including phenoxy) is 1. The number of nitrogens with two attached hydrogens (primary N) is 1. The minimum atomic E-state index is -1.16. The molecule has 2 rings (SSSR count). The van der Waals surface area contributed by atoms with Crippen molar-refractivity contribution in [2.24, 2.45) is 5.73 Å². The van der Waals surface area contributed by atoms with Crippen molar-refractivity contribution < 1.29 is 13.9 Å². The monoisotopic (exact) mass is 394 g/mol. The molecule has 0 saturated heterocycles. The molecule has 6 heteroatoms. The predicted molar refractivity (Wildman–Crippen MR) is 94.8 cm³/mol. The number of nitrogens with one attached hydrogen (secondary N) is 1. The fourth-order valence-corrected chi connectivity index (χ4v) is 2.58. The first-order chi connectivity index (χ1) is 11.3. The lowest BCUT2D eigenvalue weighted by Crippen LogP contribution is -2.49. The largest absolute Gasteiger partial charge is 0.375 e. The number of carbonyl (C=O) groups excluding carboxylic acids is 1. The van der Waals surface area contributed by atoms with Gasteiger partial charge in [-0.3, -0.25) is 4.79 Å². The molecule has 0 fully saturated rings. The van der Waals surface area contributed by atoms with Gasteiger partial charge in [0.2, 0.25) is 5.91 Å². The zero-order valence-electron chi connectivity index (χ0n) is 13.6. The van der Waals surface area contributed by atoms with Gasteiger partial charge in [0.05, 0.1) is 6.10 Å². The maximum Gasteiger partial charge on any atom is 0.244 e. The highest BCUT2D eigenvalue weighted by Crippen LogP contribution is 2.21. The Hall–Kier alpha value is -1.76. The molecule has 3 N–H and O–H groups in total. The van der Waals surface area contributed by atoms with Crippen molar-refractivity contribution in [3.05, 3.63) is 69.9 Å². The molecule has 2 atom stereocenters. The number of hydrogen-bond acceptors (Lipinski definition) is 3. The Morgan fingerprint density at radius 2 is 1.83 bits per heavy atom. The van der Waals surface area contributed by atoms with Crippen LogP contribution in [0.1, 0.15) is 24.2 Å². The topological polar surface area (TPSA) is 64.3 Å². The zero-order valence-corrected chi connectivity index (χ0v) is 15.1. The number of hydrogen-bond donors (Lipinski definition) is 2. The molecule has 0 aliphatic heterocycles. The number of carbonyl (C=O) groups is 1. The molecule has 0 saturated carbocycles. The van der Waals surface area contributed by atoms with Gasteiger partial charge in [-0.1, -0.05) is 40.2 Å². The molecule has 0 spiro atoms. The summed E-state index contributed by atoms with van der Waals surface area (Å²) in [6.07, 6.45) is -0.379. The van der Waals surface area contributed by atoms with Gasteiger partial charge in [-0.05, 0) is 42.3 Å². The Bertz CT molecular complexity index is 687. The minimum absolute atomic E-state index is 0.240. The minimum Gasteiger partial charge on any atom is -0.375 e. The fourth-order valence-electron chi connectivity index (χ4n) is 2.31. The van der Waals surface area contributed by atoms with Crippen molar-refractivity contribution >= 4 is 21.8 Å². The lowest BCUT2D eigenvalue weighted by Gasteiger charge is -2.26. The van der Waals surface area contributed by atoms with E-state index in [2.05, 4.69) is 21.2 Å². The quantitative estimate of drug-likeness (QED) is 0.789. The molecular weight excluding hydrogens is 375 g/mol. The third-order valence-corrected chi connectivity index (χ3v) is 4.42. The van der Waals surface area contributed by atoms with Gasteiger partial charge in [0.15, 0.2) is 0 Å². The van der Waals surface area contributed by atoms with E-state index in [0.717, 1.165) is 10.0 Å². The van der Waals surface area contributed by atoms with Crippen molar-refractivity contribution in [2.75, 3.05) is 13.7 Å². The van der Waals surface area contributed by atoms with Gasteiger partial charge in [-0.25, -0.2) is 4.39 Å². The van der Waals surface area contributed by atoms with Crippen LogP contribution in [0.25, 0.3) is 0 Å². The van der Waals surface area contributed by atoms with Crippen molar-refractivity contribution in [3.8, 4) is 0 Å². The maximum absolute atomic E-state index is 13.0. The molecule has 0 aliphatic carbocycles. The normalized spacial score (nSPS) is 14.7. The summed E-state index contributed by atoms with van der Waals surface area (Å²) in [4.78, 5) is 12.5. The molecule has 4 nitrogen and oxygen atoms in total. The molecule has 2 aromatic rings. The summed E-state index contributed by atoms with van der Waals surface area (Å²) < 4.78 is 19.3. The first-order valence-electron chi connectivity index (χ1n) is 7.46. The molecule has 128 valence electrons. The lowest BCUT2D eigenvalue weighted by molar-refractivity contribution is -0.126. The second-order valence-electron chi connectivity index (χ2n) is 5.70. The molecule has 0 heterocycles. The molecule has 24 heavy (non-hydrogen) atoms. The zero-order chi connectivity index (χ0) is 17.7. The third kappa shape index (κ3) is 4.41. The van der Waals surface area contributed by atoms with Gasteiger partial charge in [0.1, 0.15) is 11.4 Å². The number of halogens is 2. The molecule has 2 unspecified atom stereocenters. The van der Waals surface area contributed by atoms with E-state index in [1.54, 1.807) is 31.2 Å². The molecule has 2 aromatic carbocycles. The second-order valence-corrected chi connectivity index (χ2v) is 6.61. The van der Waals surface area contributed by atoms with Crippen LogP contribution in [0.15, 0.2) is 53.0 Å². The molecular formula is C18H20BrFN2O2. The van der Waals surface area contributed by atoms with Crippen LogP contribution < -0.4 is 11.1 Å². The summed E-state index contributed by atoms with van der Waals surface area (Å²) in [7, 11) is 1.54. The van der Waals surface area contributed by atoms with Crippen LogP contribution >= 0.6 is 15.9 Å². The van der Waals surface area contributed by atoms with E-state index in [1.165, 1.54) is 19.2 Å². The average molecular weight is 395 g/mol. The smallest absolute Gasteiger partial charge is 0.244 e. The average Bonchev–Trinajstić information content (AvgIpc) is 2.57. The van der Waals surface area contributed by atoms with Crippen molar-refractivity contribution in [2.45, 2.75) is 18.6 Å². The van der Waals surface area contributed by atoms with Crippen molar-refractivity contribution in [3.63, 3.8) is 0 Å². The molecule has 0 aliphatic rings. The molecule has 1 amide bonds. The van der Waals surface area contributed by atoms with Crippen LogP contribution in [-0.4, -0.2) is 19.6 Å². The molecule has 0 bridgehead atoms. The summed E-state index contributed by atoms with van der Waals surface area (Å²) >= 11 is 3.35. The van der Waals surface area contributed by atoms with Crippen LogP contribution in [0.3, 0.4) is 0 Å². The van der Waals surface area contributed by atoms with Gasteiger partial charge >= 0.3 is 0 Å². The summed E-state index contributed by atoms with van der Waals surface area (Å²) in [6.45, 7) is 1.90. The van der Waals surface area contributed by atoms with Gasteiger partial charge in [0.25, 0.3) is 0 Å². The maximum atomic E-state index is 13.0. The first-order valence-corrected chi connectivity index (χ1v) is 8.25. The van der Waals surface area contributed by atoms with E-state index in [1.807, 2.05) is 12.1 Å². The second kappa shape index (κ2) is 7.88. The first kappa shape index (κ1) is 18.6. The Labute approximate surface area is 149 Å². The lowest BCUT2D eigenvalue weighted by atomic mass is 9.92. The van der Waals surface area contributed by atoms with Crippen LogP contribution in [0.2, 0.25) is 0 Å². The summed E-state index contributed by atoms with van der Waals surface area (Å²) in [5, 5.41) is 2.81. The van der Waals surface area contributed by atoms with E-state index < -0.39 is 5.54 Å². The third-order valence-electron chi connectivity index (χ3n) is 3.89. The Morgan fingerprint density at radius 1 is 1.25 bits per heavy atom. The van der Waals surface area contributed by atoms with E-state index in [9.17, 15) is 9.18 Å². The summed E-state index contributed by atoms with van der Waals surface area (Å²) in [6, 6.07) is 13.3. The number of amides is 1. The van der Waals surface area contributed by atoms with Crippen molar-refractivity contribution in [1.82, 2.24) is 5.32 Å². The number of benzene rings is 2. The van der Waals surface area contributed by atoms with E-state index in [0.29, 0.717) is 5.56 Å². The summed E-state index contributed by atoms with van der Waals surface area (Å²) in [5.41, 5.74) is 6.52. The highest BCUT2D eigenvalue weighted by atomic mass is 79.9. The van der Waals surface area contributed by atoms with Crippen LogP contribution in [-0.2, 0) is 15.1 Å². The van der Waals surface area contributed by atoms with Gasteiger partial charge in [-0.15, -0.1) is 0 Å². The Balaban J connectivity index is 2.05. The van der Waals surface area contributed by atoms with Crippen molar-refractivity contribution in [1.29, 1.82) is 0 Å². The molecule has 0 aromatic heterocycles. The van der Waals surface area contributed by atoms with Crippen LogP contribution in [0.4, 0.5) is 4.39 Å². The molecule has 0 radical (unpaired) electrons. The SMILES string of the molecule is COC(CNC(=O)C(C)(N)c1ccc(Br)cc1)c1ccc(F)cc1. The van der Waals surface area contributed by atoms with Crippen LogP contribution in [0.5, 0.6) is 0 Å². The highest BCUT2D eigenvalue weighted by Gasteiger charge is 2.30.